The Morgan fingerprint density at radius 1 is 1.14 bits per heavy atom. The van der Waals surface area contributed by atoms with Gasteiger partial charge in [-0.2, -0.15) is 0 Å². The molecule has 0 radical (unpaired) electrons. The van der Waals surface area contributed by atoms with Crippen LogP contribution < -0.4 is 0 Å². The molecule has 0 atom stereocenters. The topological polar surface area (TPSA) is 26.3 Å². The molecule has 1 aromatic carbocycles. The SMILES string of the molecule is O=C1C=C/C(=C\c2ccc(Cl)cc2)O1. The number of hydrogen-bond donors (Lipinski definition) is 0. The minimum atomic E-state index is -0.329. The van der Waals surface area contributed by atoms with Gasteiger partial charge in [0.25, 0.3) is 0 Å². The Bertz CT molecular complexity index is 415. The van der Waals surface area contributed by atoms with Crippen molar-refractivity contribution in [2.45, 2.75) is 0 Å². The smallest absolute Gasteiger partial charge is 0.336 e. The molecular weight excluding hydrogens is 200 g/mol. The highest BCUT2D eigenvalue weighted by Gasteiger charge is 2.08. The molecule has 0 fully saturated rings. The summed E-state index contributed by atoms with van der Waals surface area (Å²) in [7, 11) is 0. The van der Waals surface area contributed by atoms with Crippen LogP contribution in [0.2, 0.25) is 5.02 Å². The van der Waals surface area contributed by atoms with E-state index in [1.165, 1.54) is 6.08 Å². The fourth-order valence-corrected chi connectivity index (χ4v) is 1.26. The van der Waals surface area contributed by atoms with Gasteiger partial charge in [-0.3, -0.25) is 0 Å². The number of rotatable bonds is 1. The van der Waals surface area contributed by atoms with Crippen molar-refractivity contribution in [1.29, 1.82) is 0 Å². The molecule has 0 unspecified atom stereocenters. The zero-order valence-corrected chi connectivity index (χ0v) is 7.99. The first-order valence-electron chi connectivity index (χ1n) is 4.11. The third-order valence-electron chi connectivity index (χ3n) is 1.78. The summed E-state index contributed by atoms with van der Waals surface area (Å²) in [4.78, 5) is 10.7. The first-order chi connectivity index (χ1) is 6.74. The van der Waals surface area contributed by atoms with Gasteiger partial charge in [0.15, 0.2) is 0 Å². The average Bonchev–Trinajstić information content (AvgIpc) is 2.56. The number of benzene rings is 1. The molecule has 3 heteroatoms. The zero-order chi connectivity index (χ0) is 9.97. The summed E-state index contributed by atoms with van der Waals surface area (Å²) >= 11 is 5.73. The lowest BCUT2D eigenvalue weighted by Crippen LogP contribution is -1.89. The van der Waals surface area contributed by atoms with Gasteiger partial charge in [-0.15, -0.1) is 0 Å². The van der Waals surface area contributed by atoms with Gasteiger partial charge in [0.2, 0.25) is 0 Å². The third-order valence-corrected chi connectivity index (χ3v) is 2.03. The van der Waals surface area contributed by atoms with E-state index in [1.54, 1.807) is 24.3 Å². The minimum absolute atomic E-state index is 0.329. The minimum Gasteiger partial charge on any atom is -0.423 e. The second-order valence-corrected chi connectivity index (χ2v) is 3.29. The molecule has 0 aliphatic carbocycles. The maximum absolute atomic E-state index is 10.7. The van der Waals surface area contributed by atoms with Gasteiger partial charge in [0.05, 0.1) is 0 Å². The molecule has 2 nitrogen and oxygen atoms in total. The van der Waals surface area contributed by atoms with E-state index in [-0.39, 0.29) is 5.97 Å². The van der Waals surface area contributed by atoms with Crippen molar-refractivity contribution in [2.24, 2.45) is 0 Å². The van der Waals surface area contributed by atoms with E-state index in [4.69, 9.17) is 16.3 Å². The third kappa shape index (κ3) is 2.03. The molecule has 0 spiro atoms. The quantitative estimate of drug-likeness (QED) is 0.661. The molecule has 1 aliphatic heterocycles. The molecule has 1 aromatic rings. The van der Waals surface area contributed by atoms with Crippen molar-refractivity contribution in [2.75, 3.05) is 0 Å². The number of carbonyl (C=O) groups is 1. The number of halogens is 1. The summed E-state index contributed by atoms with van der Waals surface area (Å²) in [5, 5.41) is 0.686. The molecule has 0 N–H and O–H groups in total. The summed E-state index contributed by atoms with van der Waals surface area (Å²) in [6, 6.07) is 7.29. The number of esters is 1. The van der Waals surface area contributed by atoms with Gasteiger partial charge in [0.1, 0.15) is 5.76 Å². The fraction of sp³-hybridized carbons (Fsp3) is 0. The van der Waals surface area contributed by atoms with Crippen molar-refractivity contribution < 1.29 is 9.53 Å². The summed E-state index contributed by atoms with van der Waals surface area (Å²) in [5.41, 5.74) is 0.948. The van der Waals surface area contributed by atoms with Crippen LogP contribution in [0.3, 0.4) is 0 Å². The lowest BCUT2D eigenvalue weighted by molar-refractivity contribution is -0.132. The highest BCUT2D eigenvalue weighted by Crippen LogP contribution is 2.16. The lowest BCUT2D eigenvalue weighted by atomic mass is 10.2. The summed E-state index contributed by atoms with van der Waals surface area (Å²) in [5.74, 6) is 0.225. The van der Waals surface area contributed by atoms with Crippen molar-refractivity contribution in [1.82, 2.24) is 0 Å². The van der Waals surface area contributed by atoms with Crippen LogP contribution in [-0.2, 0) is 9.53 Å². The maximum atomic E-state index is 10.7. The molecule has 0 bridgehead atoms. The Labute approximate surface area is 86.4 Å². The van der Waals surface area contributed by atoms with Crippen LogP contribution in [-0.4, -0.2) is 5.97 Å². The predicted octanol–water partition coefficient (Wildman–Crippen LogP) is 2.79. The lowest BCUT2D eigenvalue weighted by Gasteiger charge is -1.96. The molecule has 0 amide bonds. The maximum Gasteiger partial charge on any atom is 0.336 e. The van der Waals surface area contributed by atoms with Crippen LogP contribution in [0.4, 0.5) is 0 Å². The molecule has 0 saturated carbocycles. The highest BCUT2D eigenvalue weighted by atomic mass is 35.5. The van der Waals surface area contributed by atoms with Crippen molar-refractivity contribution in [3.8, 4) is 0 Å². The van der Waals surface area contributed by atoms with Gasteiger partial charge in [-0.25, -0.2) is 4.79 Å². The van der Waals surface area contributed by atoms with E-state index >= 15 is 0 Å². The number of carbonyl (C=O) groups excluding carboxylic acids is 1. The van der Waals surface area contributed by atoms with Crippen LogP contribution in [0.5, 0.6) is 0 Å². The van der Waals surface area contributed by atoms with Crippen molar-refractivity contribution in [3.05, 3.63) is 52.8 Å². The highest BCUT2D eigenvalue weighted by molar-refractivity contribution is 6.30. The number of cyclic esters (lactones) is 1. The molecule has 70 valence electrons. The Morgan fingerprint density at radius 3 is 2.43 bits per heavy atom. The van der Waals surface area contributed by atoms with Gasteiger partial charge in [-0.05, 0) is 29.8 Å². The number of allylic oxidation sites excluding steroid dienone is 1. The number of ether oxygens (including phenoxy) is 1. The molecule has 1 aliphatic rings. The molecular formula is C11H7ClO2. The molecule has 2 rings (SSSR count). The van der Waals surface area contributed by atoms with Crippen LogP contribution in [0.25, 0.3) is 6.08 Å². The Balaban J connectivity index is 2.22. The summed E-state index contributed by atoms with van der Waals surface area (Å²) in [6.45, 7) is 0. The van der Waals surface area contributed by atoms with Gasteiger partial charge in [-0.1, -0.05) is 23.7 Å². The van der Waals surface area contributed by atoms with E-state index in [1.807, 2.05) is 12.1 Å². The largest absolute Gasteiger partial charge is 0.423 e. The standard InChI is InChI=1S/C11H7ClO2/c12-9-3-1-8(2-4-9)7-10-5-6-11(13)14-10/h1-7H/b10-7+. The van der Waals surface area contributed by atoms with E-state index in [2.05, 4.69) is 0 Å². The zero-order valence-electron chi connectivity index (χ0n) is 7.24. The second-order valence-electron chi connectivity index (χ2n) is 2.85. The predicted molar refractivity (Wildman–Crippen MR) is 54.7 cm³/mol. The molecule has 1 heterocycles. The summed E-state index contributed by atoms with van der Waals surface area (Å²) in [6.07, 6.45) is 4.80. The van der Waals surface area contributed by atoms with E-state index in [0.29, 0.717) is 10.8 Å². The monoisotopic (exact) mass is 206 g/mol. The van der Waals surface area contributed by atoms with Crippen molar-refractivity contribution >= 4 is 23.6 Å². The average molecular weight is 207 g/mol. The van der Waals surface area contributed by atoms with Crippen LogP contribution in [0.1, 0.15) is 5.56 Å². The Morgan fingerprint density at radius 2 is 1.86 bits per heavy atom. The van der Waals surface area contributed by atoms with Gasteiger partial charge >= 0.3 is 5.97 Å². The molecule has 0 aromatic heterocycles. The van der Waals surface area contributed by atoms with Crippen molar-refractivity contribution in [3.63, 3.8) is 0 Å². The Kier molecular flexibility index (Phi) is 2.37. The fourth-order valence-electron chi connectivity index (χ4n) is 1.14. The molecule has 14 heavy (non-hydrogen) atoms. The van der Waals surface area contributed by atoms with Crippen LogP contribution in [0.15, 0.2) is 42.2 Å². The Hall–Kier alpha value is -1.54. The first-order valence-corrected chi connectivity index (χ1v) is 4.49. The van der Waals surface area contributed by atoms with E-state index in [9.17, 15) is 4.79 Å². The normalized spacial score (nSPS) is 17.5. The van der Waals surface area contributed by atoms with Crippen LogP contribution >= 0.6 is 11.6 Å². The molecule has 0 saturated heterocycles. The van der Waals surface area contributed by atoms with Gasteiger partial charge < -0.3 is 4.74 Å². The van der Waals surface area contributed by atoms with E-state index in [0.717, 1.165) is 5.56 Å². The van der Waals surface area contributed by atoms with Crippen LogP contribution in [0, 0.1) is 0 Å². The summed E-state index contributed by atoms with van der Waals surface area (Å²) < 4.78 is 4.87. The van der Waals surface area contributed by atoms with E-state index < -0.39 is 0 Å². The number of hydrogen-bond acceptors (Lipinski definition) is 2. The van der Waals surface area contributed by atoms with Gasteiger partial charge in [0, 0.05) is 11.1 Å². The second kappa shape index (κ2) is 3.68. The first kappa shape index (κ1) is 9.03.